The van der Waals surface area contributed by atoms with E-state index in [-0.39, 0.29) is 10.6 Å². The van der Waals surface area contributed by atoms with Gasteiger partial charge >= 0.3 is 0 Å². The maximum Gasteiger partial charge on any atom is 0.260 e. The van der Waals surface area contributed by atoms with Gasteiger partial charge in [-0.15, -0.1) is 0 Å². The van der Waals surface area contributed by atoms with Crippen LogP contribution in [0.25, 0.3) is 0 Å². The molecule has 0 unspecified atom stereocenters. The average molecular weight is 363 g/mol. The van der Waals surface area contributed by atoms with Crippen LogP contribution >= 0.6 is 39.1 Å². The summed E-state index contributed by atoms with van der Waals surface area (Å²) in [6, 6.07) is 8.92. The van der Waals surface area contributed by atoms with Crippen LogP contribution in [0.5, 0.6) is 0 Å². The SMILES string of the molecule is O=C(Nc1ccc(Cl)cc1Br)c1c(F)cccc1Cl. The maximum absolute atomic E-state index is 13.6. The minimum Gasteiger partial charge on any atom is -0.321 e. The third kappa shape index (κ3) is 3.26. The average Bonchev–Trinajstić information content (AvgIpc) is 2.32. The molecule has 0 spiro atoms. The molecule has 0 heterocycles. The topological polar surface area (TPSA) is 29.1 Å². The molecular formula is C13H7BrCl2FNO. The van der Waals surface area contributed by atoms with Gasteiger partial charge in [0.1, 0.15) is 5.82 Å². The summed E-state index contributed by atoms with van der Waals surface area (Å²) >= 11 is 14.9. The Morgan fingerprint density at radius 1 is 1.21 bits per heavy atom. The van der Waals surface area contributed by atoms with Crippen molar-refractivity contribution in [3.05, 3.63) is 62.3 Å². The quantitative estimate of drug-likeness (QED) is 0.786. The second-order valence-corrected chi connectivity index (χ2v) is 5.37. The first-order chi connectivity index (χ1) is 8.99. The van der Waals surface area contributed by atoms with Crippen molar-refractivity contribution < 1.29 is 9.18 Å². The fourth-order valence-electron chi connectivity index (χ4n) is 1.49. The molecule has 19 heavy (non-hydrogen) atoms. The van der Waals surface area contributed by atoms with Crippen molar-refractivity contribution in [1.29, 1.82) is 0 Å². The zero-order chi connectivity index (χ0) is 14.0. The molecule has 0 saturated heterocycles. The highest BCUT2D eigenvalue weighted by Gasteiger charge is 2.16. The first kappa shape index (κ1) is 14.3. The summed E-state index contributed by atoms with van der Waals surface area (Å²) in [5.74, 6) is -1.29. The zero-order valence-corrected chi connectivity index (χ0v) is 12.5. The third-order valence-corrected chi connectivity index (χ3v) is 3.58. The van der Waals surface area contributed by atoms with Crippen LogP contribution in [0.15, 0.2) is 40.9 Å². The Kier molecular flexibility index (Phi) is 4.45. The third-order valence-electron chi connectivity index (χ3n) is 2.37. The Balaban J connectivity index is 2.31. The molecule has 2 aromatic carbocycles. The number of hydrogen-bond donors (Lipinski definition) is 1. The number of rotatable bonds is 2. The molecule has 1 amide bonds. The highest BCUT2D eigenvalue weighted by molar-refractivity contribution is 9.10. The van der Waals surface area contributed by atoms with Crippen molar-refractivity contribution in [3.63, 3.8) is 0 Å². The molecule has 1 N–H and O–H groups in total. The van der Waals surface area contributed by atoms with Gasteiger partial charge in [0.25, 0.3) is 5.91 Å². The number of halogens is 4. The van der Waals surface area contributed by atoms with Gasteiger partial charge in [0.2, 0.25) is 0 Å². The van der Waals surface area contributed by atoms with Gasteiger partial charge in [-0.3, -0.25) is 4.79 Å². The summed E-state index contributed by atoms with van der Waals surface area (Å²) < 4.78 is 14.2. The first-order valence-electron chi connectivity index (χ1n) is 5.19. The molecule has 0 aliphatic carbocycles. The molecule has 0 aliphatic heterocycles. The molecule has 98 valence electrons. The van der Waals surface area contributed by atoms with Crippen molar-refractivity contribution in [1.82, 2.24) is 0 Å². The second-order valence-electron chi connectivity index (χ2n) is 3.67. The predicted molar refractivity (Wildman–Crippen MR) is 78.5 cm³/mol. The lowest BCUT2D eigenvalue weighted by Crippen LogP contribution is -2.14. The van der Waals surface area contributed by atoms with Crippen molar-refractivity contribution in [3.8, 4) is 0 Å². The number of carbonyl (C=O) groups is 1. The molecule has 2 rings (SSSR count). The smallest absolute Gasteiger partial charge is 0.260 e. The Morgan fingerprint density at radius 2 is 1.95 bits per heavy atom. The monoisotopic (exact) mass is 361 g/mol. The molecule has 0 aliphatic rings. The molecule has 0 bridgehead atoms. The summed E-state index contributed by atoms with van der Waals surface area (Å²) in [6.45, 7) is 0. The molecule has 0 saturated carbocycles. The van der Waals surface area contributed by atoms with Gasteiger partial charge in [-0.2, -0.15) is 0 Å². The van der Waals surface area contributed by atoms with Gasteiger partial charge in [-0.1, -0.05) is 29.3 Å². The summed E-state index contributed by atoms with van der Waals surface area (Å²) in [7, 11) is 0. The largest absolute Gasteiger partial charge is 0.321 e. The molecule has 2 aromatic rings. The lowest BCUT2D eigenvalue weighted by molar-refractivity contribution is 0.102. The number of benzene rings is 2. The maximum atomic E-state index is 13.6. The van der Waals surface area contributed by atoms with Gasteiger partial charge in [0, 0.05) is 9.50 Å². The zero-order valence-electron chi connectivity index (χ0n) is 9.38. The minimum atomic E-state index is -0.671. The van der Waals surface area contributed by atoms with Crippen LogP contribution in [0.2, 0.25) is 10.0 Å². The number of hydrogen-bond acceptors (Lipinski definition) is 1. The first-order valence-corrected chi connectivity index (χ1v) is 6.74. The van der Waals surface area contributed by atoms with Gasteiger partial charge in [0.05, 0.1) is 16.3 Å². The van der Waals surface area contributed by atoms with Crippen molar-refractivity contribution >= 4 is 50.7 Å². The Labute approximate surface area is 127 Å². The number of amides is 1. The van der Waals surface area contributed by atoms with E-state index in [9.17, 15) is 9.18 Å². The van der Waals surface area contributed by atoms with Gasteiger partial charge < -0.3 is 5.32 Å². The van der Waals surface area contributed by atoms with Crippen LogP contribution in [0.3, 0.4) is 0 Å². The Bertz CT molecular complexity index is 628. The fourth-order valence-corrected chi connectivity index (χ4v) is 2.52. The van der Waals surface area contributed by atoms with Gasteiger partial charge in [-0.25, -0.2) is 4.39 Å². The summed E-state index contributed by atoms with van der Waals surface area (Å²) in [5.41, 5.74) is 0.291. The van der Waals surface area contributed by atoms with E-state index in [1.165, 1.54) is 18.2 Å². The lowest BCUT2D eigenvalue weighted by Gasteiger charge is -2.09. The number of anilines is 1. The fraction of sp³-hybridized carbons (Fsp3) is 0. The second kappa shape index (κ2) is 5.90. The molecule has 0 atom stereocenters. The normalized spacial score (nSPS) is 10.3. The van der Waals surface area contributed by atoms with E-state index in [2.05, 4.69) is 21.2 Å². The minimum absolute atomic E-state index is 0.0579. The molecule has 0 radical (unpaired) electrons. The van der Waals surface area contributed by atoms with Crippen LogP contribution in [-0.2, 0) is 0 Å². The number of nitrogens with one attached hydrogen (secondary N) is 1. The Hall–Kier alpha value is -1.10. The predicted octanol–water partition coefficient (Wildman–Crippen LogP) is 5.15. The number of carbonyl (C=O) groups excluding carboxylic acids is 1. The standard InChI is InChI=1S/C13H7BrCl2FNO/c14-8-6-7(15)4-5-11(8)18-13(19)12-9(16)2-1-3-10(12)17/h1-6H,(H,18,19). The van der Waals surface area contributed by atoms with E-state index in [0.29, 0.717) is 15.2 Å². The van der Waals surface area contributed by atoms with E-state index in [1.54, 1.807) is 18.2 Å². The van der Waals surface area contributed by atoms with E-state index in [4.69, 9.17) is 23.2 Å². The van der Waals surface area contributed by atoms with Crippen LogP contribution in [0.4, 0.5) is 10.1 Å². The summed E-state index contributed by atoms with van der Waals surface area (Å²) in [4.78, 5) is 12.0. The lowest BCUT2D eigenvalue weighted by atomic mass is 10.2. The van der Waals surface area contributed by atoms with Gasteiger partial charge in [0.15, 0.2) is 0 Å². The van der Waals surface area contributed by atoms with E-state index >= 15 is 0 Å². The summed E-state index contributed by atoms with van der Waals surface area (Å²) in [6.07, 6.45) is 0. The van der Waals surface area contributed by atoms with Crippen LogP contribution in [0, 0.1) is 5.82 Å². The molecule has 0 fully saturated rings. The molecule has 0 aromatic heterocycles. The highest BCUT2D eigenvalue weighted by Crippen LogP contribution is 2.27. The molecule has 2 nitrogen and oxygen atoms in total. The van der Waals surface area contributed by atoms with Gasteiger partial charge in [-0.05, 0) is 46.3 Å². The molecular weight excluding hydrogens is 356 g/mol. The highest BCUT2D eigenvalue weighted by atomic mass is 79.9. The van der Waals surface area contributed by atoms with Crippen molar-refractivity contribution in [2.24, 2.45) is 0 Å². The van der Waals surface area contributed by atoms with Crippen LogP contribution in [-0.4, -0.2) is 5.91 Å². The van der Waals surface area contributed by atoms with Crippen molar-refractivity contribution in [2.75, 3.05) is 5.32 Å². The van der Waals surface area contributed by atoms with E-state index in [1.807, 2.05) is 0 Å². The summed E-state index contributed by atoms with van der Waals surface area (Å²) in [5, 5.41) is 3.15. The van der Waals surface area contributed by atoms with Crippen LogP contribution < -0.4 is 5.32 Å². The van der Waals surface area contributed by atoms with Crippen LogP contribution in [0.1, 0.15) is 10.4 Å². The Morgan fingerprint density at radius 3 is 2.58 bits per heavy atom. The molecule has 6 heteroatoms. The van der Waals surface area contributed by atoms with E-state index in [0.717, 1.165) is 0 Å². The van der Waals surface area contributed by atoms with Crippen molar-refractivity contribution in [2.45, 2.75) is 0 Å². The van der Waals surface area contributed by atoms with E-state index < -0.39 is 11.7 Å².